The van der Waals surface area contributed by atoms with Crippen LogP contribution < -0.4 is 21.3 Å². The molecule has 1 saturated heterocycles. The van der Waals surface area contributed by atoms with E-state index in [1.807, 2.05) is 0 Å². The average molecular weight is 702 g/mol. The van der Waals surface area contributed by atoms with E-state index in [4.69, 9.17) is 0 Å². The maximum atomic E-state index is 14.5. The van der Waals surface area contributed by atoms with Gasteiger partial charge in [0.1, 0.15) is 29.9 Å². The Balaban J connectivity index is 1.36. The minimum atomic E-state index is -2.97. The Kier molecular flexibility index (Phi) is 11.8. The largest absolute Gasteiger partial charge is 0.347 e. The highest BCUT2D eigenvalue weighted by Crippen LogP contribution is 2.43. The van der Waals surface area contributed by atoms with Gasteiger partial charge < -0.3 is 26.2 Å². The molecule has 1 aromatic heterocycles. The Bertz CT molecular complexity index is 1430. The molecule has 15 heteroatoms. The molecule has 5 rings (SSSR count). The first kappa shape index (κ1) is 37.2. The quantitative estimate of drug-likeness (QED) is 0.226. The van der Waals surface area contributed by atoms with Crippen molar-refractivity contribution in [3.8, 4) is 0 Å². The van der Waals surface area contributed by atoms with Crippen LogP contribution in [0.2, 0.25) is 0 Å². The molecule has 1 aliphatic heterocycles. The van der Waals surface area contributed by atoms with Gasteiger partial charge in [0.15, 0.2) is 0 Å². The summed E-state index contributed by atoms with van der Waals surface area (Å²) in [5, 5.41) is 10.7. The topological polar surface area (TPSA) is 180 Å². The van der Waals surface area contributed by atoms with Gasteiger partial charge in [0.25, 0.3) is 11.8 Å². The lowest BCUT2D eigenvalue weighted by Gasteiger charge is -2.38. The molecule has 0 bridgehead atoms. The number of rotatable bonds is 13. The van der Waals surface area contributed by atoms with Crippen LogP contribution in [-0.4, -0.2) is 93.4 Å². The van der Waals surface area contributed by atoms with Gasteiger partial charge in [0, 0.05) is 31.4 Å². The molecule has 274 valence electrons. The van der Waals surface area contributed by atoms with Crippen LogP contribution in [0.5, 0.6) is 0 Å². The summed E-state index contributed by atoms with van der Waals surface area (Å²) in [6.07, 6.45) is 7.90. The van der Waals surface area contributed by atoms with Crippen molar-refractivity contribution in [1.29, 1.82) is 0 Å². The van der Waals surface area contributed by atoms with E-state index in [-0.39, 0.29) is 36.0 Å². The van der Waals surface area contributed by atoms with E-state index in [9.17, 15) is 37.5 Å². The van der Waals surface area contributed by atoms with Crippen molar-refractivity contribution in [2.45, 2.75) is 128 Å². The van der Waals surface area contributed by atoms with Gasteiger partial charge in [-0.05, 0) is 61.7 Å². The standard InChI is InChI=1S/C35H49F2N7O6/c1-35(2,3)29(43-31(47)26(19-8-5-4-6-9-19)42-30(46)24-17-38-14-15-39-24)34(50)44-18-20-10-7-11-22(20)27(44)32(48)41-23(16-25(36)37)28(45)33(49)40-21-12-13-21/h14-15,17,19-23,25-27,29H,4-13,16,18H2,1-3H3,(H,40,49)(H,41,48)(H,42,46)(H,43,47)/t20?,22?,23?,26-,27-,29+/m0/s1. The van der Waals surface area contributed by atoms with Crippen molar-refractivity contribution in [2.24, 2.45) is 23.2 Å². The number of ketones is 1. The predicted molar refractivity (Wildman–Crippen MR) is 176 cm³/mol. The summed E-state index contributed by atoms with van der Waals surface area (Å²) in [5.41, 5.74) is -0.789. The zero-order valence-electron chi connectivity index (χ0n) is 29.0. The fourth-order valence-corrected chi connectivity index (χ4v) is 7.72. The Hall–Kier alpha value is -4.04. The smallest absolute Gasteiger partial charge is 0.289 e. The summed E-state index contributed by atoms with van der Waals surface area (Å²) in [4.78, 5) is 90.6. The first-order chi connectivity index (χ1) is 23.7. The van der Waals surface area contributed by atoms with E-state index >= 15 is 0 Å². The number of halogens is 2. The molecule has 3 unspecified atom stereocenters. The maximum Gasteiger partial charge on any atom is 0.289 e. The minimum absolute atomic E-state index is 0.0327. The number of carbonyl (C=O) groups is 6. The predicted octanol–water partition coefficient (Wildman–Crippen LogP) is 2.30. The van der Waals surface area contributed by atoms with Crippen LogP contribution in [0.25, 0.3) is 0 Å². The molecule has 5 amide bonds. The van der Waals surface area contributed by atoms with Crippen LogP contribution >= 0.6 is 0 Å². The molecule has 1 aromatic rings. The third-order valence-electron chi connectivity index (χ3n) is 10.5. The van der Waals surface area contributed by atoms with Gasteiger partial charge in [-0.2, -0.15) is 0 Å². The van der Waals surface area contributed by atoms with Gasteiger partial charge in [-0.15, -0.1) is 0 Å². The SMILES string of the molecule is CC(C)(C)[C@H](NC(=O)[C@@H](NC(=O)c1cnccn1)C1CCCCC1)C(=O)N1CC2CCCC2[C@H]1C(=O)NC(CC(F)F)C(=O)C(=O)NC1CC1. The number of carbonyl (C=O) groups excluding carboxylic acids is 6. The number of hydrogen-bond donors (Lipinski definition) is 4. The number of Topliss-reactive ketones (excluding diaryl/α,β-unsaturated/α-hetero) is 1. The highest BCUT2D eigenvalue weighted by molar-refractivity contribution is 6.38. The molecular formula is C35H49F2N7O6. The van der Waals surface area contributed by atoms with Crippen molar-refractivity contribution < 1.29 is 37.5 Å². The highest BCUT2D eigenvalue weighted by Gasteiger charge is 2.52. The molecule has 3 saturated carbocycles. The fourth-order valence-electron chi connectivity index (χ4n) is 7.72. The first-order valence-corrected chi connectivity index (χ1v) is 17.9. The number of aromatic nitrogens is 2. The van der Waals surface area contributed by atoms with Crippen LogP contribution in [-0.2, 0) is 24.0 Å². The molecule has 3 aliphatic carbocycles. The molecule has 4 aliphatic rings. The van der Waals surface area contributed by atoms with E-state index in [2.05, 4.69) is 31.2 Å². The van der Waals surface area contributed by atoms with Crippen LogP contribution in [0.3, 0.4) is 0 Å². The van der Waals surface area contributed by atoms with Gasteiger partial charge in [-0.25, -0.2) is 13.8 Å². The van der Waals surface area contributed by atoms with Crippen LogP contribution in [0.15, 0.2) is 18.6 Å². The van der Waals surface area contributed by atoms with E-state index in [0.29, 0.717) is 32.1 Å². The monoisotopic (exact) mass is 701 g/mol. The van der Waals surface area contributed by atoms with Crippen molar-refractivity contribution in [3.05, 3.63) is 24.3 Å². The van der Waals surface area contributed by atoms with Crippen LogP contribution in [0, 0.1) is 23.2 Å². The van der Waals surface area contributed by atoms with Crippen LogP contribution in [0.1, 0.15) is 102 Å². The Morgan fingerprint density at radius 2 is 1.62 bits per heavy atom. The summed E-state index contributed by atoms with van der Waals surface area (Å²) in [6.45, 7) is 5.57. The number of fused-ring (bicyclic) bond motifs is 1. The molecular weight excluding hydrogens is 652 g/mol. The summed E-state index contributed by atoms with van der Waals surface area (Å²) < 4.78 is 27.2. The molecule has 13 nitrogen and oxygen atoms in total. The number of nitrogens with one attached hydrogen (secondary N) is 4. The number of nitrogens with zero attached hydrogens (tertiary/aromatic N) is 3. The normalized spacial score (nSPS) is 24.1. The van der Waals surface area contributed by atoms with E-state index in [1.165, 1.54) is 23.5 Å². The second-order valence-corrected chi connectivity index (χ2v) is 15.3. The fraction of sp³-hybridized carbons (Fsp3) is 0.714. The maximum absolute atomic E-state index is 14.5. The van der Waals surface area contributed by atoms with Crippen molar-refractivity contribution in [2.75, 3.05) is 6.54 Å². The molecule has 6 atom stereocenters. The average Bonchev–Trinajstić information content (AvgIpc) is 3.65. The van der Waals surface area contributed by atoms with Crippen molar-refractivity contribution in [1.82, 2.24) is 36.1 Å². The van der Waals surface area contributed by atoms with E-state index in [1.54, 1.807) is 20.8 Å². The lowest BCUT2D eigenvalue weighted by atomic mass is 9.82. The van der Waals surface area contributed by atoms with Gasteiger partial charge in [0.05, 0.1) is 6.20 Å². The summed E-state index contributed by atoms with van der Waals surface area (Å²) in [7, 11) is 0. The van der Waals surface area contributed by atoms with E-state index in [0.717, 1.165) is 32.1 Å². The summed E-state index contributed by atoms with van der Waals surface area (Å²) in [6, 6.07) is -5.10. The Morgan fingerprint density at radius 1 is 0.900 bits per heavy atom. The first-order valence-electron chi connectivity index (χ1n) is 17.9. The molecule has 0 spiro atoms. The van der Waals surface area contributed by atoms with Crippen LogP contribution in [0.4, 0.5) is 8.78 Å². The lowest BCUT2D eigenvalue weighted by molar-refractivity contribution is -0.146. The second kappa shape index (κ2) is 15.9. The lowest BCUT2D eigenvalue weighted by Crippen LogP contribution is -2.62. The number of alkyl halides is 2. The highest BCUT2D eigenvalue weighted by atomic mass is 19.3. The summed E-state index contributed by atoms with van der Waals surface area (Å²) >= 11 is 0. The van der Waals surface area contributed by atoms with Gasteiger partial charge >= 0.3 is 0 Å². The third kappa shape index (κ3) is 9.00. The number of amides is 5. The number of hydrogen-bond acceptors (Lipinski definition) is 8. The second-order valence-electron chi connectivity index (χ2n) is 15.3. The zero-order chi connectivity index (χ0) is 36.2. The Morgan fingerprint density at radius 3 is 2.24 bits per heavy atom. The summed E-state index contributed by atoms with van der Waals surface area (Å²) in [5.74, 6) is -5.06. The third-order valence-corrected chi connectivity index (χ3v) is 10.5. The number of likely N-dealkylation sites (tertiary alicyclic amines) is 1. The zero-order valence-corrected chi connectivity index (χ0v) is 29.0. The van der Waals surface area contributed by atoms with Crippen molar-refractivity contribution >= 4 is 35.3 Å². The van der Waals surface area contributed by atoms with Gasteiger partial charge in [0.2, 0.25) is 29.9 Å². The molecule has 50 heavy (non-hydrogen) atoms. The molecule has 2 heterocycles. The molecule has 0 radical (unpaired) electrons. The van der Waals surface area contributed by atoms with Crippen molar-refractivity contribution in [3.63, 3.8) is 0 Å². The Labute approximate surface area is 290 Å². The molecule has 4 N–H and O–H groups in total. The van der Waals surface area contributed by atoms with Gasteiger partial charge in [-0.1, -0.05) is 46.5 Å². The molecule has 0 aromatic carbocycles. The van der Waals surface area contributed by atoms with E-state index < -0.39 is 77.7 Å². The van der Waals surface area contributed by atoms with Gasteiger partial charge in [-0.3, -0.25) is 33.8 Å². The minimum Gasteiger partial charge on any atom is -0.347 e. The molecule has 4 fully saturated rings.